The largest absolute Gasteiger partial charge is 0.380 e. The van der Waals surface area contributed by atoms with Crippen molar-refractivity contribution in [2.24, 2.45) is 0 Å². The molecule has 0 atom stereocenters. The van der Waals surface area contributed by atoms with Crippen molar-refractivity contribution in [2.75, 3.05) is 26.3 Å². The first-order chi connectivity index (χ1) is 9.46. The fourth-order valence-corrected chi connectivity index (χ4v) is 4.41. The van der Waals surface area contributed by atoms with E-state index in [1.54, 1.807) is 6.07 Å². The molecule has 20 heavy (non-hydrogen) atoms. The lowest BCUT2D eigenvalue weighted by Crippen LogP contribution is -2.33. The molecule has 1 fully saturated rings. The van der Waals surface area contributed by atoms with Gasteiger partial charge < -0.3 is 4.74 Å². The number of benzene rings is 1. The van der Waals surface area contributed by atoms with Crippen LogP contribution in [0.4, 0.5) is 0 Å². The maximum Gasteiger partial charge on any atom is 0.243 e. The van der Waals surface area contributed by atoms with E-state index in [1.807, 2.05) is 19.9 Å². The summed E-state index contributed by atoms with van der Waals surface area (Å²) in [4.78, 5) is 0.362. The molecule has 1 saturated heterocycles. The molecule has 1 aromatic carbocycles. The Labute approximate surface area is 125 Å². The van der Waals surface area contributed by atoms with Crippen molar-refractivity contribution >= 4 is 21.6 Å². The van der Waals surface area contributed by atoms with Crippen LogP contribution in [0.25, 0.3) is 0 Å². The van der Waals surface area contributed by atoms with Crippen molar-refractivity contribution < 1.29 is 13.2 Å². The molecule has 0 radical (unpaired) electrons. The van der Waals surface area contributed by atoms with Gasteiger partial charge in [0.1, 0.15) is 0 Å². The Balaban J connectivity index is 2.42. The molecule has 0 aliphatic carbocycles. The topological polar surface area (TPSA) is 46.6 Å². The van der Waals surface area contributed by atoms with Gasteiger partial charge in [-0.15, -0.1) is 11.6 Å². The highest BCUT2D eigenvalue weighted by atomic mass is 35.5. The predicted molar refractivity (Wildman–Crippen MR) is 79.7 cm³/mol. The van der Waals surface area contributed by atoms with E-state index in [-0.39, 0.29) is 0 Å². The molecule has 1 aliphatic rings. The van der Waals surface area contributed by atoms with Gasteiger partial charge in [-0.05, 0) is 43.0 Å². The van der Waals surface area contributed by atoms with Crippen LogP contribution in [0.3, 0.4) is 0 Å². The Morgan fingerprint density at radius 1 is 1.20 bits per heavy atom. The lowest BCUT2D eigenvalue weighted by Gasteiger charge is -2.21. The van der Waals surface area contributed by atoms with Crippen LogP contribution in [-0.2, 0) is 20.6 Å². The molecule has 0 spiro atoms. The average molecular weight is 318 g/mol. The number of rotatable bonds is 3. The highest BCUT2D eigenvalue weighted by molar-refractivity contribution is 7.89. The first kappa shape index (κ1) is 15.8. The molecule has 0 saturated carbocycles. The minimum atomic E-state index is -3.47. The summed E-state index contributed by atoms with van der Waals surface area (Å²) in [6.45, 7) is 5.75. The quantitative estimate of drug-likeness (QED) is 0.805. The van der Waals surface area contributed by atoms with E-state index in [2.05, 4.69) is 0 Å². The van der Waals surface area contributed by atoms with E-state index in [9.17, 15) is 8.42 Å². The maximum absolute atomic E-state index is 12.8. The van der Waals surface area contributed by atoms with E-state index in [4.69, 9.17) is 16.3 Å². The summed E-state index contributed by atoms with van der Waals surface area (Å²) in [6.07, 6.45) is 0.729. The summed E-state index contributed by atoms with van der Waals surface area (Å²) >= 11 is 5.89. The molecule has 0 aromatic heterocycles. The number of hydrogen-bond donors (Lipinski definition) is 0. The van der Waals surface area contributed by atoms with Crippen molar-refractivity contribution in [1.29, 1.82) is 0 Å². The summed E-state index contributed by atoms with van der Waals surface area (Å²) in [6, 6.07) is 3.59. The monoisotopic (exact) mass is 317 g/mol. The molecule has 0 amide bonds. The zero-order chi connectivity index (χ0) is 14.8. The van der Waals surface area contributed by atoms with Crippen LogP contribution in [0.15, 0.2) is 17.0 Å². The van der Waals surface area contributed by atoms with Gasteiger partial charge in [0.15, 0.2) is 0 Å². The van der Waals surface area contributed by atoms with E-state index in [0.29, 0.717) is 37.1 Å². The summed E-state index contributed by atoms with van der Waals surface area (Å²) in [5.41, 5.74) is 2.65. The SMILES string of the molecule is Cc1cc(C)c(S(=O)(=O)N2CCCOCC2)cc1CCl. The summed E-state index contributed by atoms with van der Waals surface area (Å²) < 4.78 is 32.4. The Morgan fingerprint density at radius 3 is 2.65 bits per heavy atom. The highest BCUT2D eigenvalue weighted by Gasteiger charge is 2.27. The molecule has 4 nitrogen and oxygen atoms in total. The van der Waals surface area contributed by atoms with Gasteiger partial charge in [0, 0.05) is 25.6 Å². The average Bonchev–Trinajstić information content (AvgIpc) is 2.67. The molecule has 1 heterocycles. The summed E-state index contributed by atoms with van der Waals surface area (Å²) in [5.74, 6) is 0.317. The smallest absolute Gasteiger partial charge is 0.243 e. The van der Waals surface area contributed by atoms with Crippen molar-refractivity contribution in [3.05, 3.63) is 28.8 Å². The second-order valence-electron chi connectivity index (χ2n) is 5.05. The van der Waals surface area contributed by atoms with Gasteiger partial charge in [-0.3, -0.25) is 0 Å². The van der Waals surface area contributed by atoms with E-state index in [0.717, 1.165) is 23.1 Å². The van der Waals surface area contributed by atoms with Crippen molar-refractivity contribution in [1.82, 2.24) is 4.31 Å². The zero-order valence-corrected chi connectivity index (χ0v) is 13.4. The molecule has 0 N–H and O–H groups in total. The van der Waals surface area contributed by atoms with Crippen LogP contribution in [0.1, 0.15) is 23.1 Å². The number of nitrogens with zero attached hydrogens (tertiary/aromatic N) is 1. The molecular weight excluding hydrogens is 298 g/mol. The Hall–Kier alpha value is -0.620. The maximum atomic E-state index is 12.8. The summed E-state index contributed by atoms with van der Waals surface area (Å²) in [7, 11) is -3.47. The van der Waals surface area contributed by atoms with Gasteiger partial charge >= 0.3 is 0 Å². The minimum absolute atomic E-state index is 0.317. The van der Waals surface area contributed by atoms with E-state index < -0.39 is 10.0 Å². The van der Waals surface area contributed by atoms with Gasteiger partial charge in [-0.25, -0.2) is 8.42 Å². The number of sulfonamides is 1. The van der Waals surface area contributed by atoms with Crippen LogP contribution in [0.5, 0.6) is 0 Å². The second kappa shape index (κ2) is 6.43. The lowest BCUT2D eigenvalue weighted by atomic mass is 10.1. The van der Waals surface area contributed by atoms with Crippen LogP contribution in [0.2, 0.25) is 0 Å². The van der Waals surface area contributed by atoms with E-state index >= 15 is 0 Å². The highest BCUT2D eigenvalue weighted by Crippen LogP contribution is 2.25. The number of alkyl halides is 1. The number of aryl methyl sites for hydroxylation is 2. The third-order valence-corrected chi connectivity index (χ3v) is 5.91. The molecule has 1 aliphatic heterocycles. The number of halogens is 1. The fourth-order valence-electron chi connectivity index (χ4n) is 2.40. The molecule has 2 rings (SSSR count). The molecule has 0 bridgehead atoms. The van der Waals surface area contributed by atoms with Crippen LogP contribution < -0.4 is 0 Å². The van der Waals surface area contributed by atoms with Gasteiger partial charge in [-0.1, -0.05) is 6.07 Å². The third kappa shape index (κ3) is 3.17. The third-order valence-electron chi connectivity index (χ3n) is 3.58. The Bertz CT molecular complexity index is 578. The molecule has 1 aromatic rings. The first-order valence-electron chi connectivity index (χ1n) is 6.71. The lowest BCUT2D eigenvalue weighted by molar-refractivity contribution is 0.148. The van der Waals surface area contributed by atoms with Crippen LogP contribution in [0, 0.1) is 13.8 Å². The fraction of sp³-hybridized carbons (Fsp3) is 0.571. The normalized spacial score (nSPS) is 17.9. The van der Waals surface area contributed by atoms with Crippen molar-refractivity contribution in [3.8, 4) is 0 Å². The molecule has 0 unspecified atom stereocenters. The molecule has 112 valence electrons. The summed E-state index contributed by atoms with van der Waals surface area (Å²) in [5, 5.41) is 0. The van der Waals surface area contributed by atoms with Crippen LogP contribution >= 0.6 is 11.6 Å². The zero-order valence-electron chi connectivity index (χ0n) is 11.9. The van der Waals surface area contributed by atoms with Gasteiger partial charge in [-0.2, -0.15) is 4.31 Å². The van der Waals surface area contributed by atoms with Crippen molar-refractivity contribution in [2.45, 2.75) is 31.0 Å². The van der Waals surface area contributed by atoms with Gasteiger partial charge in [0.2, 0.25) is 10.0 Å². The standard InChI is InChI=1S/C14H20ClNO3S/c1-11-8-12(2)14(9-13(11)10-15)20(17,18)16-4-3-6-19-7-5-16/h8-9H,3-7,10H2,1-2H3. The van der Waals surface area contributed by atoms with Gasteiger partial charge in [0.25, 0.3) is 0 Å². The van der Waals surface area contributed by atoms with Gasteiger partial charge in [0.05, 0.1) is 11.5 Å². The molecule has 6 heteroatoms. The van der Waals surface area contributed by atoms with Crippen LogP contribution in [-0.4, -0.2) is 39.0 Å². The Morgan fingerprint density at radius 2 is 1.95 bits per heavy atom. The predicted octanol–water partition coefficient (Wildman–Crippen LogP) is 2.45. The molecular formula is C14H20ClNO3S. The number of hydrogen-bond acceptors (Lipinski definition) is 3. The first-order valence-corrected chi connectivity index (χ1v) is 8.68. The van der Waals surface area contributed by atoms with E-state index in [1.165, 1.54) is 4.31 Å². The Kier molecular flexibility index (Phi) is 5.07. The van der Waals surface area contributed by atoms with Crippen molar-refractivity contribution in [3.63, 3.8) is 0 Å². The number of ether oxygens (including phenoxy) is 1. The second-order valence-corrected chi connectivity index (χ2v) is 7.22. The minimum Gasteiger partial charge on any atom is -0.380 e.